The van der Waals surface area contributed by atoms with Gasteiger partial charge in [0.05, 0.1) is 38.2 Å². The standard InChI is InChI=1S/C21H27NO5S/c1-24-16-10-13-4-7-22-19(23)18(28-3)15-12-20(26-8-9-27-20)5-6-21(15,22)14(13)11-17(16)25-2/h10-11,15,18H,4-9,12H2,1-3H3/t15-,18-,21+/m1/s1. The summed E-state index contributed by atoms with van der Waals surface area (Å²) < 4.78 is 23.3. The number of nitrogens with zero attached hydrogens (tertiary/aromatic N) is 1. The quantitative estimate of drug-likeness (QED) is 0.771. The van der Waals surface area contributed by atoms with Gasteiger partial charge in [0.25, 0.3) is 0 Å². The van der Waals surface area contributed by atoms with Crippen molar-refractivity contribution < 1.29 is 23.7 Å². The Kier molecular flexibility index (Phi) is 4.34. The van der Waals surface area contributed by atoms with Gasteiger partial charge in [-0.1, -0.05) is 0 Å². The molecule has 2 spiro atoms. The fourth-order valence-electron chi connectivity index (χ4n) is 5.96. The average molecular weight is 406 g/mol. The second kappa shape index (κ2) is 6.54. The van der Waals surface area contributed by atoms with Crippen LogP contribution in [0.1, 0.15) is 30.4 Å². The Morgan fingerprint density at radius 1 is 1.14 bits per heavy atom. The zero-order valence-corrected chi connectivity index (χ0v) is 17.5. The highest BCUT2D eigenvalue weighted by molar-refractivity contribution is 7.99. The van der Waals surface area contributed by atoms with Gasteiger partial charge in [-0.25, -0.2) is 0 Å². The predicted octanol–water partition coefficient (Wildman–Crippen LogP) is 2.57. The number of fused-ring (bicyclic) bond motifs is 1. The summed E-state index contributed by atoms with van der Waals surface area (Å²) in [5, 5.41) is -0.0657. The Labute approximate surface area is 169 Å². The molecule has 5 rings (SSSR count). The molecule has 3 atom stereocenters. The molecule has 3 aliphatic heterocycles. The first-order valence-corrected chi connectivity index (χ1v) is 11.2. The fraction of sp³-hybridized carbons (Fsp3) is 0.667. The predicted molar refractivity (Wildman–Crippen MR) is 106 cm³/mol. The van der Waals surface area contributed by atoms with Crippen molar-refractivity contribution in [2.75, 3.05) is 40.2 Å². The van der Waals surface area contributed by atoms with Gasteiger partial charge in [0.15, 0.2) is 17.3 Å². The highest BCUT2D eigenvalue weighted by Crippen LogP contribution is 2.61. The van der Waals surface area contributed by atoms with E-state index in [0.29, 0.717) is 13.2 Å². The molecule has 1 amide bonds. The number of thioether (sulfide) groups is 1. The van der Waals surface area contributed by atoms with Gasteiger partial charge in [0.2, 0.25) is 5.91 Å². The number of hydrogen-bond acceptors (Lipinski definition) is 6. The van der Waals surface area contributed by atoms with Gasteiger partial charge >= 0.3 is 0 Å². The van der Waals surface area contributed by atoms with E-state index in [1.807, 2.05) is 6.26 Å². The number of carbonyl (C=O) groups is 1. The molecule has 3 heterocycles. The van der Waals surface area contributed by atoms with E-state index >= 15 is 0 Å². The second-order valence-corrected chi connectivity index (χ2v) is 9.08. The first-order chi connectivity index (χ1) is 13.6. The Morgan fingerprint density at radius 2 is 1.86 bits per heavy atom. The van der Waals surface area contributed by atoms with Gasteiger partial charge in [-0.15, -0.1) is 0 Å². The number of benzene rings is 1. The van der Waals surface area contributed by atoms with Crippen molar-refractivity contribution in [1.29, 1.82) is 0 Å². The highest BCUT2D eigenvalue weighted by atomic mass is 32.2. The fourth-order valence-corrected chi connectivity index (χ4v) is 6.94. The van der Waals surface area contributed by atoms with E-state index in [1.54, 1.807) is 26.0 Å². The third-order valence-electron chi connectivity index (χ3n) is 7.14. The van der Waals surface area contributed by atoms with E-state index in [9.17, 15) is 4.79 Å². The lowest BCUT2D eigenvalue weighted by atomic mass is 9.65. The zero-order valence-electron chi connectivity index (χ0n) is 16.7. The average Bonchev–Trinajstić information content (AvgIpc) is 3.27. The van der Waals surface area contributed by atoms with Crippen LogP contribution >= 0.6 is 11.8 Å². The van der Waals surface area contributed by atoms with Crippen LogP contribution in [0.3, 0.4) is 0 Å². The number of carbonyl (C=O) groups excluding carboxylic acids is 1. The van der Waals surface area contributed by atoms with Crippen molar-refractivity contribution in [3.8, 4) is 11.5 Å². The van der Waals surface area contributed by atoms with E-state index < -0.39 is 5.79 Å². The lowest BCUT2D eigenvalue weighted by molar-refractivity contribution is -0.204. The van der Waals surface area contributed by atoms with Crippen molar-refractivity contribution >= 4 is 17.7 Å². The topological polar surface area (TPSA) is 57.2 Å². The Morgan fingerprint density at radius 3 is 2.54 bits per heavy atom. The minimum atomic E-state index is -0.519. The summed E-state index contributed by atoms with van der Waals surface area (Å²) in [6, 6.07) is 4.21. The van der Waals surface area contributed by atoms with Crippen LogP contribution in [-0.4, -0.2) is 62.1 Å². The van der Waals surface area contributed by atoms with Crippen LogP contribution in [-0.2, 0) is 26.2 Å². The lowest BCUT2D eigenvalue weighted by Gasteiger charge is -2.52. The van der Waals surface area contributed by atoms with Gasteiger partial charge in [-0.2, -0.15) is 11.8 Å². The van der Waals surface area contributed by atoms with Crippen LogP contribution in [0, 0.1) is 5.92 Å². The lowest BCUT2D eigenvalue weighted by Crippen LogP contribution is -2.56. The summed E-state index contributed by atoms with van der Waals surface area (Å²) in [7, 11) is 3.34. The smallest absolute Gasteiger partial charge is 0.236 e. The number of amides is 1. The zero-order chi connectivity index (χ0) is 19.5. The molecule has 0 N–H and O–H groups in total. The van der Waals surface area contributed by atoms with Crippen molar-refractivity contribution in [3.63, 3.8) is 0 Å². The molecule has 0 unspecified atom stereocenters. The molecule has 152 valence electrons. The molecule has 3 fully saturated rings. The van der Waals surface area contributed by atoms with Crippen LogP contribution in [0.25, 0.3) is 0 Å². The third kappa shape index (κ3) is 2.33. The summed E-state index contributed by atoms with van der Waals surface area (Å²) in [4.78, 5) is 15.5. The van der Waals surface area contributed by atoms with Crippen LogP contribution in [0.2, 0.25) is 0 Å². The summed E-state index contributed by atoms with van der Waals surface area (Å²) in [5.74, 6) is 1.37. The van der Waals surface area contributed by atoms with E-state index in [-0.39, 0.29) is 22.6 Å². The number of ether oxygens (including phenoxy) is 4. The molecule has 1 saturated carbocycles. The molecular weight excluding hydrogens is 378 g/mol. The van der Waals surface area contributed by atoms with Crippen LogP contribution in [0.4, 0.5) is 0 Å². The maximum absolute atomic E-state index is 13.4. The van der Waals surface area contributed by atoms with Gasteiger partial charge in [-0.3, -0.25) is 4.79 Å². The largest absolute Gasteiger partial charge is 0.493 e. The molecule has 1 aliphatic carbocycles. The van der Waals surface area contributed by atoms with Crippen LogP contribution in [0.5, 0.6) is 11.5 Å². The van der Waals surface area contributed by atoms with Crippen molar-refractivity contribution in [2.45, 2.75) is 42.3 Å². The molecule has 0 aromatic heterocycles. The molecule has 1 aromatic carbocycles. The molecule has 0 bridgehead atoms. The third-order valence-corrected chi connectivity index (χ3v) is 8.17. The maximum Gasteiger partial charge on any atom is 0.236 e. The summed E-state index contributed by atoms with van der Waals surface area (Å²) in [6.45, 7) is 2.04. The SMILES string of the molecule is COc1cc2c(cc1OC)[C@@]13CCC4(C[C@@H]1[C@@H](SC)C(=O)N3CC2)OCCO4. The van der Waals surface area contributed by atoms with Crippen molar-refractivity contribution in [1.82, 2.24) is 4.90 Å². The molecule has 0 radical (unpaired) electrons. The van der Waals surface area contributed by atoms with Gasteiger partial charge < -0.3 is 23.8 Å². The molecular formula is C21H27NO5S. The molecule has 1 aromatic rings. The van der Waals surface area contributed by atoms with Crippen molar-refractivity contribution in [3.05, 3.63) is 23.3 Å². The Bertz CT molecular complexity index is 808. The number of rotatable bonds is 3. The van der Waals surface area contributed by atoms with Gasteiger partial charge in [0, 0.05) is 25.3 Å². The number of hydrogen-bond donors (Lipinski definition) is 0. The minimum Gasteiger partial charge on any atom is -0.493 e. The maximum atomic E-state index is 13.4. The second-order valence-electron chi connectivity index (χ2n) is 8.10. The number of methoxy groups -OCH3 is 2. The van der Waals surface area contributed by atoms with Gasteiger partial charge in [-0.05, 0) is 42.4 Å². The summed E-state index contributed by atoms with van der Waals surface area (Å²) in [5.41, 5.74) is 2.18. The van der Waals surface area contributed by atoms with E-state index in [1.165, 1.54) is 11.1 Å². The van der Waals surface area contributed by atoms with Crippen molar-refractivity contribution in [2.24, 2.45) is 5.92 Å². The minimum absolute atomic E-state index is 0.0657. The Balaban J connectivity index is 1.67. The molecule has 7 heteroatoms. The molecule has 4 aliphatic rings. The molecule has 2 saturated heterocycles. The Hall–Kier alpha value is -1.44. The summed E-state index contributed by atoms with van der Waals surface area (Å²) in [6.07, 6.45) is 5.30. The highest BCUT2D eigenvalue weighted by Gasteiger charge is 2.65. The summed E-state index contributed by atoms with van der Waals surface area (Å²) >= 11 is 1.66. The normalized spacial score (nSPS) is 32.8. The first-order valence-electron chi connectivity index (χ1n) is 9.96. The van der Waals surface area contributed by atoms with Gasteiger partial charge in [0.1, 0.15) is 0 Å². The van der Waals surface area contributed by atoms with Crippen LogP contribution in [0.15, 0.2) is 12.1 Å². The molecule has 6 nitrogen and oxygen atoms in total. The molecule has 28 heavy (non-hydrogen) atoms. The van der Waals surface area contributed by atoms with Crippen LogP contribution < -0.4 is 9.47 Å². The first kappa shape index (κ1) is 18.6. The monoisotopic (exact) mass is 405 g/mol. The van der Waals surface area contributed by atoms with E-state index in [0.717, 1.165) is 43.7 Å². The van der Waals surface area contributed by atoms with E-state index in [4.69, 9.17) is 18.9 Å². The van der Waals surface area contributed by atoms with E-state index in [2.05, 4.69) is 17.0 Å².